The zero-order valence-electron chi connectivity index (χ0n) is 9.15. The largest absolute Gasteiger partial charge is 0.334 e. The molecule has 0 aliphatic heterocycles. The monoisotopic (exact) mass is 299 g/mol. The van der Waals surface area contributed by atoms with Gasteiger partial charge in [0.1, 0.15) is 5.82 Å². The van der Waals surface area contributed by atoms with Gasteiger partial charge in [-0.3, -0.25) is 0 Å². The van der Waals surface area contributed by atoms with Crippen LogP contribution in [0.15, 0.2) is 27.2 Å². The Labute approximate surface area is 106 Å². The number of benzene rings is 1. The Kier molecular flexibility index (Phi) is 3.54. The Bertz CT molecular complexity index is 529. The Morgan fingerprint density at radius 2 is 2.29 bits per heavy atom. The summed E-state index contributed by atoms with van der Waals surface area (Å²) in [4.78, 5) is 4.08. The van der Waals surface area contributed by atoms with E-state index in [1.54, 1.807) is 12.1 Å². The maximum atomic E-state index is 13.6. The molecule has 0 aliphatic carbocycles. The molecule has 2 aromatic rings. The molecule has 1 heterocycles. The first kappa shape index (κ1) is 12.2. The van der Waals surface area contributed by atoms with Crippen LogP contribution in [0.5, 0.6) is 0 Å². The van der Waals surface area contributed by atoms with Crippen molar-refractivity contribution in [3.05, 3.63) is 34.3 Å². The first-order valence-electron chi connectivity index (χ1n) is 5.16. The van der Waals surface area contributed by atoms with Gasteiger partial charge in [-0.2, -0.15) is 4.98 Å². The molecule has 90 valence electrons. The number of hydrogen-bond acceptors (Lipinski definition) is 4. The van der Waals surface area contributed by atoms with Crippen LogP contribution in [-0.4, -0.2) is 10.1 Å². The smallest absolute Gasteiger partial charge is 0.260 e. The summed E-state index contributed by atoms with van der Waals surface area (Å²) < 4.78 is 19.3. The van der Waals surface area contributed by atoms with Gasteiger partial charge in [0.05, 0.1) is 11.6 Å². The van der Waals surface area contributed by atoms with Crippen LogP contribution in [0.3, 0.4) is 0 Å². The molecule has 4 nitrogen and oxygen atoms in total. The van der Waals surface area contributed by atoms with E-state index in [1.807, 2.05) is 6.92 Å². The molecule has 0 saturated carbocycles. The summed E-state index contributed by atoms with van der Waals surface area (Å²) in [5.74, 6) is 0.123. The van der Waals surface area contributed by atoms with Crippen LogP contribution in [0.2, 0.25) is 0 Å². The fourth-order valence-electron chi connectivity index (χ4n) is 1.34. The predicted octanol–water partition coefficient (Wildman–Crippen LogP) is 3.05. The molecular weight excluding hydrogens is 289 g/mol. The molecule has 0 aliphatic rings. The van der Waals surface area contributed by atoms with Crippen LogP contribution in [0.4, 0.5) is 4.39 Å². The third-order valence-corrected chi connectivity index (χ3v) is 2.87. The van der Waals surface area contributed by atoms with E-state index in [1.165, 1.54) is 6.07 Å². The van der Waals surface area contributed by atoms with Crippen molar-refractivity contribution in [2.45, 2.75) is 19.4 Å². The van der Waals surface area contributed by atoms with E-state index in [2.05, 4.69) is 26.1 Å². The predicted molar refractivity (Wildman–Crippen MR) is 64.6 cm³/mol. The van der Waals surface area contributed by atoms with Crippen LogP contribution in [0.1, 0.15) is 25.2 Å². The lowest BCUT2D eigenvalue weighted by molar-refractivity contribution is 0.413. The highest BCUT2D eigenvalue weighted by molar-refractivity contribution is 9.10. The molecule has 6 heteroatoms. The molecule has 2 rings (SSSR count). The van der Waals surface area contributed by atoms with Gasteiger partial charge in [-0.1, -0.05) is 28.0 Å². The van der Waals surface area contributed by atoms with Gasteiger partial charge < -0.3 is 10.3 Å². The van der Waals surface area contributed by atoms with Gasteiger partial charge in [0, 0.05) is 4.47 Å². The van der Waals surface area contributed by atoms with E-state index >= 15 is 0 Å². The van der Waals surface area contributed by atoms with Crippen molar-refractivity contribution in [2.75, 3.05) is 0 Å². The molecule has 0 saturated heterocycles. The molecule has 0 fully saturated rings. The third-order valence-electron chi connectivity index (χ3n) is 2.37. The summed E-state index contributed by atoms with van der Waals surface area (Å²) in [6.07, 6.45) is 0.696. The summed E-state index contributed by atoms with van der Waals surface area (Å²) in [5.41, 5.74) is 6.03. The zero-order valence-corrected chi connectivity index (χ0v) is 10.7. The van der Waals surface area contributed by atoms with Crippen LogP contribution in [0.25, 0.3) is 11.5 Å². The summed E-state index contributed by atoms with van der Waals surface area (Å²) >= 11 is 3.18. The fourth-order valence-corrected chi connectivity index (χ4v) is 1.67. The minimum atomic E-state index is -0.417. The summed E-state index contributed by atoms with van der Waals surface area (Å²) in [7, 11) is 0. The van der Waals surface area contributed by atoms with Crippen molar-refractivity contribution in [2.24, 2.45) is 5.73 Å². The number of rotatable bonds is 3. The SMILES string of the molecule is CCC(N)c1noc(-c2ccc(Br)cc2F)n1. The maximum Gasteiger partial charge on any atom is 0.260 e. The number of halogens is 2. The van der Waals surface area contributed by atoms with Crippen molar-refractivity contribution in [3.8, 4) is 11.5 Å². The zero-order chi connectivity index (χ0) is 12.4. The highest BCUT2D eigenvalue weighted by atomic mass is 79.9. The molecule has 0 radical (unpaired) electrons. The van der Waals surface area contributed by atoms with Crippen LogP contribution in [-0.2, 0) is 0 Å². The van der Waals surface area contributed by atoms with Crippen LogP contribution in [0, 0.1) is 5.82 Å². The maximum absolute atomic E-state index is 13.6. The van der Waals surface area contributed by atoms with E-state index in [4.69, 9.17) is 10.3 Å². The minimum Gasteiger partial charge on any atom is -0.334 e. The summed E-state index contributed by atoms with van der Waals surface area (Å²) in [6.45, 7) is 1.92. The molecule has 0 amide bonds. The second kappa shape index (κ2) is 4.93. The number of aromatic nitrogens is 2. The lowest BCUT2D eigenvalue weighted by Crippen LogP contribution is -2.10. The summed E-state index contributed by atoms with van der Waals surface area (Å²) in [6, 6.07) is 4.35. The van der Waals surface area contributed by atoms with Crippen LogP contribution >= 0.6 is 15.9 Å². The molecule has 1 atom stereocenters. The van der Waals surface area contributed by atoms with Gasteiger partial charge in [-0.05, 0) is 24.6 Å². The van der Waals surface area contributed by atoms with Gasteiger partial charge in [0.25, 0.3) is 5.89 Å². The second-order valence-corrected chi connectivity index (χ2v) is 4.51. The van der Waals surface area contributed by atoms with Gasteiger partial charge in [-0.25, -0.2) is 4.39 Å². The van der Waals surface area contributed by atoms with E-state index in [0.717, 1.165) is 0 Å². The van der Waals surface area contributed by atoms with Crippen molar-refractivity contribution < 1.29 is 8.91 Å². The Morgan fingerprint density at radius 3 is 2.94 bits per heavy atom. The Hall–Kier alpha value is -1.27. The van der Waals surface area contributed by atoms with Gasteiger partial charge in [0.2, 0.25) is 0 Å². The van der Waals surface area contributed by atoms with Crippen molar-refractivity contribution >= 4 is 15.9 Å². The average molecular weight is 300 g/mol. The topological polar surface area (TPSA) is 64.9 Å². The van der Waals surface area contributed by atoms with Gasteiger partial charge in [-0.15, -0.1) is 0 Å². The van der Waals surface area contributed by atoms with E-state index in [0.29, 0.717) is 16.7 Å². The van der Waals surface area contributed by atoms with Crippen LogP contribution < -0.4 is 5.73 Å². The quantitative estimate of drug-likeness (QED) is 0.946. The van der Waals surface area contributed by atoms with Crippen molar-refractivity contribution in [1.29, 1.82) is 0 Å². The third kappa shape index (κ3) is 2.53. The average Bonchev–Trinajstić information content (AvgIpc) is 2.77. The minimum absolute atomic E-state index is 0.147. The molecule has 0 spiro atoms. The highest BCUT2D eigenvalue weighted by Gasteiger charge is 2.16. The molecule has 1 unspecified atom stereocenters. The highest BCUT2D eigenvalue weighted by Crippen LogP contribution is 2.25. The lowest BCUT2D eigenvalue weighted by Gasteiger charge is -2.00. The molecule has 1 aromatic carbocycles. The van der Waals surface area contributed by atoms with E-state index in [-0.39, 0.29) is 17.5 Å². The fraction of sp³-hybridized carbons (Fsp3) is 0.273. The first-order chi connectivity index (χ1) is 8.11. The molecule has 1 aromatic heterocycles. The van der Waals surface area contributed by atoms with E-state index < -0.39 is 5.82 Å². The van der Waals surface area contributed by atoms with Crippen molar-refractivity contribution in [1.82, 2.24) is 10.1 Å². The molecule has 17 heavy (non-hydrogen) atoms. The first-order valence-corrected chi connectivity index (χ1v) is 5.95. The number of hydrogen-bond donors (Lipinski definition) is 1. The standard InChI is InChI=1S/C11H11BrFN3O/c1-2-9(14)10-15-11(17-16-10)7-4-3-6(12)5-8(7)13/h3-5,9H,2,14H2,1H3. The lowest BCUT2D eigenvalue weighted by atomic mass is 10.2. The molecule has 2 N–H and O–H groups in total. The van der Waals surface area contributed by atoms with E-state index in [9.17, 15) is 4.39 Å². The van der Waals surface area contributed by atoms with Gasteiger partial charge in [0.15, 0.2) is 5.82 Å². The normalized spacial score (nSPS) is 12.7. The Balaban J connectivity index is 2.37. The molecular formula is C11H11BrFN3O. The second-order valence-electron chi connectivity index (χ2n) is 3.60. The Morgan fingerprint density at radius 1 is 1.53 bits per heavy atom. The molecule has 0 bridgehead atoms. The number of nitrogens with two attached hydrogens (primary N) is 1. The van der Waals surface area contributed by atoms with Crippen molar-refractivity contribution in [3.63, 3.8) is 0 Å². The number of nitrogens with zero attached hydrogens (tertiary/aromatic N) is 2. The summed E-state index contributed by atoms with van der Waals surface area (Å²) in [5, 5.41) is 3.74. The van der Waals surface area contributed by atoms with Gasteiger partial charge >= 0.3 is 0 Å².